The van der Waals surface area contributed by atoms with E-state index >= 15 is 0 Å². The Morgan fingerprint density at radius 2 is 2.12 bits per heavy atom. The molecule has 1 saturated heterocycles. The van der Waals surface area contributed by atoms with Crippen LogP contribution in [0.1, 0.15) is 52.4 Å². The number of hydrogen-bond donors (Lipinski definition) is 1. The van der Waals surface area contributed by atoms with Crippen molar-refractivity contribution in [3.05, 3.63) is 0 Å². The Morgan fingerprint density at radius 3 is 2.69 bits per heavy atom. The van der Waals surface area contributed by atoms with Gasteiger partial charge in [-0.1, -0.05) is 26.7 Å². The van der Waals surface area contributed by atoms with Crippen LogP contribution in [-0.4, -0.2) is 25.3 Å². The first-order valence-electron chi connectivity index (χ1n) is 7.16. The molecule has 0 radical (unpaired) electrons. The zero-order chi connectivity index (χ0) is 11.4. The average Bonchev–Trinajstić information content (AvgIpc) is 3.02. The summed E-state index contributed by atoms with van der Waals surface area (Å²) in [5.41, 5.74) is 0. The molecule has 1 saturated carbocycles. The summed E-state index contributed by atoms with van der Waals surface area (Å²) >= 11 is 0. The maximum absolute atomic E-state index is 5.91. The summed E-state index contributed by atoms with van der Waals surface area (Å²) in [5.74, 6) is 1.79. The van der Waals surface area contributed by atoms with Gasteiger partial charge in [-0.25, -0.2) is 0 Å². The van der Waals surface area contributed by atoms with Crippen molar-refractivity contribution >= 4 is 0 Å². The summed E-state index contributed by atoms with van der Waals surface area (Å²) < 4.78 is 5.91. The molecule has 16 heavy (non-hydrogen) atoms. The minimum atomic E-state index is 0.477. The van der Waals surface area contributed by atoms with Gasteiger partial charge < -0.3 is 10.1 Å². The molecule has 1 heterocycles. The van der Waals surface area contributed by atoms with E-state index in [2.05, 4.69) is 19.2 Å². The van der Waals surface area contributed by atoms with E-state index in [9.17, 15) is 0 Å². The van der Waals surface area contributed by atoms with Gasteiger partial charge in [0.25, 0.3) is 0 Å². The first-order valence-corrected chi connectivity index (χ1v) is 7.16. The van der Waals surface area contributed by atoms with Crippen molar-refractivity contribution in [1.82, 2.24) is 5.32 Å². The lowest BCUT2D eigenvalue weighted by Crippen LogP contribution is -2.42. The summed E-state index contributed by atoms with van der Waals surface area (Å²) in [6.45, 7) is 6.70. The van der Waals surface area contributed by atoms with Crippen LogP contribution in [0.15, 0.2) is 0 Å². The molecule has 0 aromatic carbocycles. The zero-order valence-electron chi connectivity index (χ0n) is 10.9. The minimum absolute atomic E-state index is 0.477. The molecule has 3 atom stereocenters. The molecule has 1 aliphatic carbocycles. The van der Waals surface area contributed by atoms with Crippen LogP contribution in [0.2, 0.25) is 0 Å². The summed E-state index contributed by atoms with van der Waals surface area (Å²) in [6, 6.07) is 0.609. The van der Waals surface area contributed by atoms with Gasteiger partial charge >= 0.3 is 0 Å². The van der Waals surface area contributed by atoms with Crippen LogP contribution in [0, 0.1) is 11.8 Å². The zero-order valence-corrected chi connectivity index (χ0v) is 10.9. The van der Waals surface area contributed by atoms with E-state index in [1.165, 1.54) is 38.5 Å². The molecule has 2 heteroatoms. The van der Waals surface area contributed by atoms with E-state index in [1.54, 1.807) is 0 Å². The highest BCUT2D eigenvalue weighted by atomic mass is 16.5. The standard InChI is InChI=1S/C14H27NO/c1-3-9-15-13(7-6-12-4-5-12)14-11(2)8-10-16-14/h11-15H,3-10H2,1-2H3. The van der Waals surface area contributed by atoms with E-state index in [0.29, 0.717) is 12.1 Å². The van der Waals surface area contributed by atoms with Crippen molar-refractivity contribution in [2.24, 2.45) is 11.8 Å². The maximum atomic E-state index is 5.91. The van der Waals surface area contributed by atoms with Crippen LogP contribution in [-0.2, 0) is 4.74 Å². The van der Waals surface area contributed by atoms with Gasteiger partial charge in [-0.3, -0.25) is 0 Å². The van der Waals surface area contributed by atoms with Crippen molar-refractivity contribution in [1.29, 1.82) is 0 Å². The highest BCUT2D eigenvalue weighted by molar-refractivity contribution is 4.86. The van der Waals surface area contributed by atoms with Gasteiger partial charge in [0.1, 0.15) is 0 Å². The maximum Gasteiger partial charge on any atom is 0.0754 e. The van der Waals surface area contributed by atoms with E-state index in [1.807, 2.05) is 0 Å². The van der Waals surface area contributed by atoms with E-state index in [0.717, 1.165) is 25.0 Å². The van der Waals surface area contributed by atoms with Crippen LogP contribution < -0.4 is 5.32 Å². The number of ether oxygens (including phenoxy) is 1. The first-order chi connectivity index (χ1) is 7.81. The first kappa shape index (κ1) is 12.4. The van der Waals surface area contributed by atoms with Gasteiger partial charge in [-0.15, -0.1) is 0 Å². The van der Waals surface area contributed by atoms with E-state index in [-0.39, 0.29) is 0 Å². The fourth-order valence-electron chi connectivity index (χ4n) is 2.77. The number of nitrogens with one attached hydrogen (secondary N) is 1. The van der Waals surface area contributed by atoms with Gasteiger partial charge in [-0.2, -0.15) is 0 Å². The number of hydrogen-bond acceptors (Lipinski definition) is 2. The fourth-order valence-corrected chi connectivity index (χ4v) is 2.77. The van der Waals surface area contributed by atoms with Crippen LogP contribution in [0.4, 0.5) is 0 Å². The van der Waals surface area contributed by atoms with Crippen LogP contribution in [0.3, 0.4) is 0 Å². The molecule has 2 fully saturated rings. The predicted molar refractivity (Wildman–Crippen MR) is 67.6 cm³/mol. The SMILES string of the molecule is CCCNC(CCC1CC1)C1OCCC1C. The Kier molecular flexibility index (Phi) is 4.66. The van der Waals surface area contributed by atoms with Crippen molar-refractivity contribution in [3.63, 3.8) is 0 Å². The predicted octanol–water partition coefficient (Wildman–Crippen LogP) is 2.97. The molecule has 0 amide bonds. The van der Waals surface area contributed by atoms with Crippen molar-refractivity contribution in [2.45, 2.75) is 64.5 Å². The molecule has 0 bridgehead atoms. The van der Waals surface area contributed by atoms with Gasteiger partial charge in [0.15, 0.2) is 0 Å². The van der Waals surface area contributed by atoms with Gasteiger partial charge in [0.2, 0.25) is 0 Å². The quantitative estimate of drug-likeness (QED) is 0.719. The third kappa shape index (κ3) is 3.46. The molecule has 2 rings (SSSR count). The summed E-state index contributed by atoms with van der Waals surface area (Å²) in [4.78, 5) is 0. The smallest absolute Gasteiger partial charge is 0.0754 e. The second kappa shape index (κ2) is 6.02. The van der Waals surface area contributed by atoms with Gasteiger partial charge in [0, 0.05) is 12.6 Å². The molecule has 0 aromatic rings. The minimum Gasteiger partial charge on any atom is -0.376 e. The molecule has 0 spiro atoms. The van der Waals surface area contributed by atoms with Crippen LogP contribution in [0.25, 0.3) is 0 Å². The molecule has 1 aliphatic heterocycles. The van der Waals surface area contributed by atoms with Crippen molar-refractivity contribution in [2.75, 3.05) is 13.2 Å². The molecule has 2 nitrogen and oxygen atoms in total. The Bertz CT molecular complexity index is 203. The summed E-state index contributed by atoms with van der Waals surface area (Å²) in [5, 5.41) is 3.70. The highest BCUT2D eigenvalue weighted by Crippen LogP contribution is 2.35. The number of rotatable bonds is 7. The largest absolute Gasteiger partial charge is 0.376 e. The van der Waals surface area contributed by atoms with Gasteiger partial charge in [-0.05, 0) is 44.1 Å². The Balaban J connectivity index is 1.79. The second-order valence-electron chi connectivity index (χ2n) is 5.68. The summed E-state index contributed by atoms with van der Waals surface area (Å²) in [6.07, 6.45) is 8.63. The Labute approximate surface area is 100 Å². The third-order valence-corrected chi connectivity index (χ3v) is 4.08. The van der Waals surface area contributed by atoms with E-state index < -0.39 is 0 Å². The normalized spacial score (nSPS) is 31.9. The molecule has 1 N–H and O–H groups in total. The lowest BCUT2D eigenvalue weighted by atomic mass is 9.93. The molecule has 2 aliphatic rings. The highest BCUT2D eigenvalue weighted by Gasteiger charge is 2.32. The Morgan fingerprint density at radius 1 is 1.31 bits per heavy atom. The molecule has 94 valence electrons. The molecule has 0 aromatic heterocycles. The third-order valence-electron chi connectivity index (χ3n) is 4.08. The second-order valence-corrected chi connectivity index (χ2v) is 5.68. The molecule has 3 unspecified atom stereocenters. The van der Waals surface area contributed by atoms with Gasteiger partial charge in [0.05, 0.1) is 6.10 Å². The van der Waals surface area contributed by atoms with Crippen LogP contribution >= 0.6 is 0 Å². The summed E-state index contributed by atoms with van der Waals surface area (Å²) in [7, 11) is 0. The lowest BCUT2D eigenvalue weighted by Gasteiger charge is -2.27. The Hall–Kier alpha value is -0.0800. The monoisotopic (exact) mass is 225 g/mol. The lowest BCUT2D eigenvalue weighted by molar-refractivity contribution is 0.0571. The molecular weight excluding hydrogens is 198 g/mol. The van der Waals surface area contributed by atoms with Crippen molar-refractivity contribution in [3.8, 4) is 0 Å². The van der Waals surface area contributed by atoms with Crippen LogP contribution in [0.5, 0.6) is 0 Å². The fraction of sp³-hybridized carbons (Fsp3) is 1.00. The average molecular weight is 225 g/mol. The topological polar surface area (TPSA) is 21.3 Å². The van der Waals surface area contributed by atoms with E-state index in [4.69, 9.17) is 4.74 Å². The van der Waals surface area contributed by atoms with Crippen molar-refractivity contribution < 1.29 is 4.74 Å². The molecular formula is C14H27NO.